The van der Waals surface area contributed by atoms with Gasteiger partial charge in [-0.3, -0.25) is 4.79 Å². The van der Waals surface area contributed by atoms with Gasteiger partial charge in [0.05, 0.1) is 18.8 Å². The van der Waals surface area contributed by atoms with Crippen molar-refractivity contribution < 1.29 is 14.3 Å². The molecule has 1 aromatic rings. The van der Waals surface area contributed by atoms with Crippen LogP contribution in [0.2, 0.25) is 0 Å². The summed E-state index contributed by atoms with van der Waals surface area (Å²) in [7, 11) is 0. The average Bonchev–Trinajstić information content (AvgIpc) is 2.27. The van der Waals surface area contributed by atoms with Crippen LogP contribution in [-0.2, 0) is 0 Å². The zero-order chi connectivity index (χ0) is 12.0. The summed E-state index contributed by atoms with van der Waals surface area (Å²) >= 11 is 3.33. The van der Waals surface area contributed by atoms with Gasteiger partial charge in [-0.1, -0.05) is 22.9 Å². The first kappa shape index (κ1) is 13.0. The molecule has 0 saturated carbocycles. The van der Waals surface area contributed by atoms with Gasteiger partial charge in [0.2, 0.25) is 0 Å². The summed E-state index contributed by atoms with van der Waals surface area (Å²) < 4.78 is 11.8. The molecule has 88 valence electrons. The number of rotatable bonds is 6. The van der Waals surface area contributed by atoms with Crippen molar-refractivity contribution in [1.29, 1.82) is 0 Å². The lowest BCUT2D eigenvalue weighted by Crippen LogP contribution is -2.03. The number of aldehydes is 1. The molecule has 0 atom stereocenters. The normalized spacial score (nSPS) is 9.94. The summed E-state index contributed by atoms with van der Waals surface area (Å²) in [6.45, 7) is 5.02. The molecule has 0 spiro atoms. The summed E-state index contributed by atoms with van der Waals surface area (Å²) in [4.78, 5) is 10.9. The predicted octanol–water partition coefficient (Wildman–Crippen LogP) is 3.45. The molecule has 0 heterocycles. The van der Waals surface area contributed by atoms with E-state index < -0.39 is 0 Å². The van der Waals surface area contributed by atoms with Gasteiger partial charge in [-0.25, -0.2) is 0 Å². The molecule has 0 bridgehead atoms. The Labute approximate surface area is 104 Å². The summed E-state index contributed by atoms with van der Waals surface area (Å²) in [5, 5.41) is 0. The fraction of sp³-hybridized carbons (Fsp3) is 0.417. The molecule has 0 radical (unpaired) electrons. The van der Waals surface area contributed by atoms with Gasteiger partial charge < -0.3 is 9.47 Å². The van der Waals surface area contributed by atoms with Gasteiger partial charge in [-0.05, 0) is 25.5 Å². The maximum absolute atomic E-state index is 10.9. The lowest BCUT2D eigenvalue weighted by molar-refractivity contribution is 0.111. The van der Waals surface area contributed by atoms with E-state index in [4.69, 9.17) is 9.47 Å². The van der Waals surface area contributed by atoms with E-state index in [2.05, 4.69) is 15.9 Å². The molecule has 0 aromatic heterocycles. The monoisotopic (exact) mass is 286 g/mol. The quantitative estimate of drug-likeness (QED) is 0.752. The number of carbonyl (C=O) groups excluding carboxylic acids is 1. The van der Waals surface area contributed by atoms with Gasteiger partial charge in [0.25, 0.3) is 0 Å². The summed E-state index contributed by atoms with van der Waals surface area (Å²) in [6.07, 6.45) is 1.66. The Bertz CT molecular complexity index is 364. The van der Waals surface area contributed by atoms with Gasteiger partial charge in [0.1, 0.15) is 0 Å². The number of carbonyl (C=O) groups is 1. The highest BCUT2D eigenvalue weighted by molar-refractivity contribution is 9.10. The molecule has 0 unspecified atom stereocenters. The maximum atomic E-state index is 10.9. The minimum atomic E-state index is 0.506. The van der Waals surface area contributed by atoms with Crippen LogP contribution in [0.4, 0.5) is 0 Å². The molecule has 16 heavy (non-hydrogen) atoms. The van der Waals surface area contributed by atoms with Crippen molar-refractivity contribution in [3.05, 3.63) is 22.2 Å². The number of benzene rings is 1. The first-order valence-electron chi connectivity index (χ1n) is 5.27. The minimum Gasteiger partial charge on any atom is -0.490 e. The van der Waals surface area contributed by atoms with E-state index in [1.54, 1.807) is 6.07 Å². The number of hydrogen-bond donors (Lipinski definition) is 0. The van der Waals surface area contributed by atoms with Crippen LogP contribution in [-0.4, -0.2) is 19.5 Å². The molecule has 0 aliphatic carbocycles. The third-order valence-electron chi connectivity index (χ3n) is 1.93. The summed E-state index contributed by atoms with van der Waals surface area (Å²) in [5.74, 6) is 1.13. The van der Waals surface area contributed by atoms with Crippen molar-refractivity contribution in [3.8, 4) is 11.5 Å². The summed E-state index contributed by atoms with van der Waals surface area (Å²) in [5.41, 5.74) is 0.506. The lowest BCUT2D eigenvalue weighted by atomic mass is 10.2. The molecule has 1 rings (SSSR count). The van der Waals surface area contributed by atoms with Gasteiger partial charge in [-0.2, -0.15) is 0 Å². The van der Waals surface area contributed by atoms with Crippen LogP contribution in [0.25, 0.3) is 0 Å². The lowest BCUT2D eigenvalue weighted by Gasteiger charge is -2.13. The van der Waals surface area contributed by atoms with Gasteiger partial charge >= 0.3 is 0 Å². The molecular weight excluding hydrogens is 272 g/mol. The van der Waals surface area contributed by atoms with Crippen LogP contribution in [0.1, 0.15) is 30.6 Å². The maximum Gasteiger partial charge on any atom is 0.171 e. The Balaban J connectivity index is 3.10. The van der Waals surface area contributed by atoms with Crippen molar-refractivity contribution in [1.82, 2.24) is 0 Å². The zero-order valence-corrected chi connectivity index (χ0v) is 11.0. The Hall–Kier alpha value is -1.03. The highest BCUT2D eigenvalue weighted by Gasteiger charge is 2.12. The number of ether oxygens (including phenoxy) is 2. The van der Waals surface area contributed by atoms with Crippen molar-refractivity contribution in [2.24, 2.45) is 0 Å². The minimum absolute atomic E-state index is 0.506. The van der Waals surface area contributed by atoms with Gasteiger partial charge in [0.15, 0.2) is 17.8 Å². The molecule has 3 nitrogen and oxygen atoms in total. The molecule has 0 fully saturated rings. The number of hydrogen-bond acceptors (Lipinski definition) is 3. The van der Waals surface area contributed by atoms with Crippen molar-refractivity contribution >= 4 is 22.2 Å². The van der Waals surface area contributed by atoms with Crippen molar-refractivity contribution in [3.63, 3.8) is 0 Å². The Kier molecular flexibility index (Phi) is 5.32. The van der Waals surface area contributed by atoms with E-state index in [1.807, 2.05) is 19.9 Å². The third kappa shape index (κ3) is 3.23. The standard InChI is InChI=1S/C12H15BrO3/c1-3-5-16-12-9(8-14)6-10(13)7-11(12)15-4-2/h6-8H,3-5H2,1-2H3. The molecule has 1 aromatic carbocycles. The van der Waals surface area contributed by atoms with E-state index in [9.17, 15) is 4.79 Å². The Morgan fingerprint density at radius 3 is 2.62 bits per heavy atom. The second-order valence-electron chi connectivity index (χ2n) is 3.22. The van der Waals surface area contributed by atoms with Gasteiger partial charge in [-0.15, -0.1) is 0 Å². The number of halogens is 1. The zero-order valence-electron chi connectivity index (χ0n) is 9.46. The smallest absolute Gasteiger partial charge is 0.171 e. The van der Waals surface area contributed by atoms with Crippen LogP contribution in [0.3, 0.4) is 0 Å². The molecule has 0 aliphatic rings. The predicted molar refractivity (Wildman–Crippen MR) is 66.5 cm³/mol. The van der Waals surface area contributed by atoms with Crippen molar-refractivity contribution in [2.75, 3.05) is 13.2 Å². The van der Waals surface area contributed by atoms with Crippen LogP contribution >= 0.6 is 15.9 Å². The average molecular weight is 287 g/mol. The molecular formula is C12H15BrO3. The highest BCUT2D eigenvalue weighted by atomic mass is 79.9. The Morgan fingerprint density at radius 1 is 1.31 bits per heavy atom. The SMILES string of the molecule is CCCOc1c(C=O)cc(Br)cc1OCC. The molecule has 0 amide bonds. The third-order valence-corrected chi connectivity index (χ3v) is 2.38. The van der Waals surface area contributed by atoms with E-state index in [1.165, 1.54) is 0 Å². The van der Waals surface area contributed by atoms with Gasteiger partial charge in [0, 0.05) is 4.47 Å². The van der Waals surface area contributed by atoms with Crippen LogP contribution in [0.5, 0.6) is 11.5 Å². The first-order valence-corrected chi connectivity index (χ1v) is 6.06. The van der Waals surface area contributed by atoms with E-state index in [0.29, 0.717) is 30.3 Å². The fourth-order valence-electron chi connectivity index (χ4n) is 1.30. The topological polar surface area (TPSA) is 35.5 Å². The van der Waals surface area contributed by atoms with E-state index in [-0.39, 0.29) is 0 Å². The molecule has 4 heteroatoms. The van der Waals surface area contributed by atoms with Crippen LogP contribution < -0.4 is 9.47 Å². The molecule has 0 aliphatic heterocycles. The van der Waals surface area contributed by atoms with Crippen molar-refractivity contribution in [2.45, 2.75) is 20.3 Å². The van der Waals surface area contributed by atoms with E-state index in [0.717, 1.165) is 17.2 Å². The highest BCUT2D eigenvalue weighted by Crippen LogP contribution is 2.34. The fourth-order valence-corrected chi connectivity index (χ4v) is 1.75. The van der Waals surface area contributed by atoms with Crippen LogP contribution in [0.15, 0.2) is 16.6 Å². The molecule has 0 N–H and O–H groups in total. The summed E-state index contributed by atoms with van der Waals surface area (Å²) in [6, 6.07) is 3.53. The second kappa shape index (κ2) is 6.53. The molecule has 0 saturated heterocycles. The first-order chi connectivity index (χ1) is 7.72. The Morgan fingerprint density at radius 2 is 2.06 bits per heavy atom. The largest absolute Gasteiger partial charge is 0.490 e. The van der Waals surface area contributed by atoms with Crippen LogP contribution in [0, 0.1) is 0 Å². The second-order valence-corrected chi connectivity index (χ2v) is 4.14. The van der Waals surface area contributed by atoms with E-state index >= 15 is 0 Å².